The third kappa shape index (κ3) is 15.1. The maximum absolute atomic E-state index is 13.1. The van der Waals surface area contributed by atoms with Crippen molar-refractivity contribution in [1.29, 1.82) is 0 Å². The highest BCUT2D eigenvalue weighted by molar-refractivity contribution is 5.97. The predicted octanol–water partition coefficient (Wildman–Crippen LogP) is -6.54. The largest absolute Gasteiger partial charge is 0.481 e. The van der Waals surface area contributed by atoms with Gasteiger partial charge in [-0.3, -0.25) is 43.3 Å². The van der Waals surface area contributed by atoms with Gasteiger partial charge in [-0.1, -0.05) is 0 Å². The van der Waals surface area contributed by atoms with Crippen molar-refractivity contribution in [2.75, 3.05) is 32.8 Å². The van der Waals surface area contributed by atoms with Gasteiger partial charge in [-0.25, -0.2) is 4.79 Å². The number of aliphatic hydroxyl groups is 1. The van der Waals surface area contributed by atoms with E-state index in [1.54, 1.807) is 0 Å². The molecule has 1 heterocycles. The first-order valence-electron chi connectivity index (χ1n) is 15.3. The summed E-state index contributed by atoms with van der Waals surface area (Å²) in [6.45, 7) is -2.09. The lowest BCUT2D eigenvalue weighted by Crippen LogP contribution is -2.59. The topological polar surface area (TPSA) is 388 Å². The summed E-state index contributed by atoms with van der Waals surface area (Å²) in [5.41, 5.74) is 15.8. The summed E-state index contributed by atoms with van der Waals surface area (Å²) in [6.07, 6.45) is -1.56. The van der Waals surface area contributed by atoms with E-state index in [9.17, 15) is 58.5 Å². The van der Waals surface area contributed by atoms with Crippen LogP contribution in [0.1, 0.15) is 44.9 Å². The Morgan fingerprint density at radius 1 is 0.780 bits per heavy atom. The van der Waals surface area contributed by atoms with Gasteiger partial charge in [-0.2, -0.15) is 0 Å². The van der Waals surface area contributed by atoms with Crippen LogP contribution in [0.4, 0.5) is 0 Å². The molecule has 0 radical (unpaired) electrons. The molecule has 1 saturated heterocycles. The Labute approximate surface area is 284 Å². The molecule has 5 unspecified atom stereocenters. The number of nitrogens with two attached hydrogens (primary N) is 3. The van der Waals surface area contributed by atoms with Crippen molar-refractivity contribution in [2.24, 2.45) is 22.2 Å². The summed E-state index contributed by atoms with van der Waals surface area (Å²) in [5, 5.41) is 48.6. The minimum Gasteiger partial charge on any atom is -0.481 e. The monoisotopic (exact) mass is 716 g/mol. The number of nitrogens with zero attached hydrogens (tertiary/aromatic N) is 2. The first kappa shape index (κ1) is 42.4. The van der Waals surface area contributed by atoms with Gasteiger partial charge >= 0.3 is 17.9 Å². The van der Waals surface area contributed by atoms with E-state index in [4.69, 9.17) is 22.3 Å². The standard InChI is InChI=1S/C27H44N10O13/c28-10-18(39)33-13(3-1-7-31-27(29)30)22(45)32-11-19(40)34-15(9-21(43)44)24(47)35-14(5-6-20(41)42)23(46)36-16(12-38)25(48)37-8-2-4-17(37)26(49)50/h13-17,38H,1-12,28H2,(H,32,45)(H,33,39)(H,34,40)(H,35,47)(H,36,46)(H,41,42)(H,43,44)(H,49,50)(H4,29,30,31). The molecule has 0 aromatic carbocycles. The number of guanidine groups is 1. The van der Waals surface area contributed by atoms with Crippen molar-refractivity contribution in [3.63, 3.8) is 0 Å². The lowest BCUT2D eigenvalue weighted by atomic mass is 10.1. The highest BCUT2D eigenvalue weighted by Crippen LogP contribution is 2.18. The normalized spacial score (nSPS) is 16.0. The zero-order chi connectivity index (χ0) is 38.0. The molecule has 0 aromatic rings. The van der Waals surface area contributed by atoms with Gasteiger partial charge in [0.15, 0.2) is 5.96 Å². The molecule has 5 atom stereocenters. The van der Waals surface area contributed by atoms with Crippen LogP contribution in [-0.4, -0.2) is 148 Å². The number of carbonyl (C=O) groups is 9. The molecule has 1 aliphatic heterocycles. The molecule has 0 spiro atoms. The number of carboxylic acid groups (broad SMARTS) is 3. The van der Waals surface area contributed by atoms with E-state index in [-0.39, 0.29) is 38.3 Å². The van der Waals surface area contributed by atoms with Gasteiger partial charge in [-0.15, -0.1) is 0 Å². The second-order valence-corrected chi connectivity index (χ2v) is 11.0. The molecule has 280 valence electrons. The Hall–Kier alpha value is -5.58. The molecule has 0 aliphatic carbocycles. The fourth-order valence-corrected chi connectivity index (χ4v) is 4.70. The summed E-state index contributed by atoms with van der Waals surface area (Å²) >= 11 is 0. The molecule has 0 bridgehead atoms. The SMILES string of the molecule is NCC(=O)NC(CCCN=C(N)N)C(=O)NCC(=O)NC(CC(=O)O)C(=O)NC(CCC(=O)O)C(=O)NC(CO)C(=O)N1CCCC1C(=O)O. The smallest absolute Gasteiger partial charge is 0.326 e. The number of carbonyl (C=O) groups excluding carboxylic acids is 6. The van der Waals surface area contributed by atoms with Crippen molar-refractivity contribution < 1.29 is 63.6 Å². The van der Waals surface area contributed by atoms with Gasteiger partial charge < -0.3 is 69.1 Å². The van der Waals surface area contributed by atoms with E-state index in [0.29, 0.717) is 6.42 Å². The van der Waals surface area contributed by atoms with Crippen molar-refractivity contribution in [2.45, 2.75) is 75.2 Å². The van der Waals surface area contributed by atoms with Gasteiger partial charge in [-0.05, 0) is 32.1 Å². The number of aliphatic imine (C=N–C) groups is 1. The van der Waals surface area contributed by atoms with Crippen LogP contribution in [0.2, 0.25) is 0 Å². The van der Waals surface area contributed by atoms with E-state index in [0.717, 1.165) is 4.90 Å². The molecule has 23 heteroatoms. The average Bonchev–Trinajstić information content (AvgIpc) is 3.55. The number of hydrogen-bond acceptors (Lipinski definition) is 12. The first-order valence-corrected chi connectivity index (χ1v) is 15.3. The second-order valence-electron chi connectivity index (χ2n) is 11.0. The zero-order valence-electron chi connectivity index (χ0n) is 27.0. The zero-order valence-corrected chi connectivity index (χ0v) is 27.0. The number of amides is 6. The van der Waals surface area contributed by atoms with E-state index in [2.05, 4.69) is 31.6 Å². The molecule has 0 aromatic heterocycles. The van der Waals surface area contributed by atoms with Crippen molar-refractivity contribution >= 4 is 59.3 Å². The van der Waals surface area contributed by atoms with E-state index in [1.807, 2.05) is 0 Å². The van der Waals surface area contributed by atoms with Crippen LogP contribution in [0.15, 0.2) is 4.99 Å². The number of aliphatic hydroxyl groups excluding tert-OH is 1. The quantitative estimate of drug-likeness (QED) is 0.0281. The second kappa shape index (κ2) is 21.4. The van der Waals surface area contributed by atoms with Gasteiger partial charge in [0.1, 0.15) is 30.2 Å². The summed E-state index contributed by atoms with van der Waals surface area (Å²) in [6, 6.07) is -7.63. The number of nitrogens with one attached hydrogen (secondary N) is 5. The summed E-state index contributed by atoms with van der Waals surface area (Å²) < 4.78 is 0. The molecule has 1 aliphatic rings. The van der Waals surface area contributed by atoms with Crippen molar-refractivity contribution in [1.82, 2.24) is 31.5 Å². The Morgan fingerprint density at radius 3 is 1.94 bits per heavy atom. The van der Waals surface area contributed by atoms with Crippen LogP contribution in [-0.2, 0) is 43.2 Å². The maximum Gasteiger partial charge on any atom is 0.326 e. The van der Waals surface area contributed by atoms with E-state index in [1.165, 1.54) is 0 Å². The summed E-state index contributed by atoms with van der Waals surface area (Å²) in [4.78, 5) is 115. The average molecular weight is 717 g/mol. The third-order valence-electron chi connectivity index (χ3n) is 7.13. The highest BCUT2D eigenvalue weighted by atomic mass is 16.4. The van der Waals surface area contributed by atoms with E-state index >= 15 is 0 Å². The van der Waals surface area contributed by atoms with Crippen LogP contribution in [0.3, 0.4) is 0 Å². The third-order valence-corrected chi connectivity index (χ3v) is 7.13. The Morgan fingerprint density at radius 2 is 1.38 bits per heavy atom. The van der Waals surface area contributed by atoms with Crippen LogP contribution in [0.5, 0.6) is 0 Å². The lowest BCUT2D eigenvalue weighted by Gasteiger charge is -2.28. The lowest BCUT2D eigenvalue weighted by molar-refractivity contribution is -0.150. The molecular formula is C27H44N10O13. The number of likely N-dealkylation sites (tertiary alicyclic amines) is 1. The number of carboxylic acids is 3. The van der Waals surface area contributed by atoms with Crippen molar-refractivity contribution in [3.8, 4) is 0 Å². The number of rotatable bonds is 22. The molecule has 23 nitrogen and oxygen atoms in total. The minimum atomic E-state index is -1.86. The molecule has 1 fully saturated rings. The molecule has 50 heavy (non-hydrogen) atoms. The number of aliphatic carboxylic acids is 3. The molecule has 6 amide bonds. The minimum absolute atomic E-state index is 0.0285. The van der Waals surface area contributed by atoms with Crippen molar-refractivity contribution in [3.05, 3.63) is 0 Å². The summed E-state index contributed by atoms with van der Waals surface area (Å²) in [7, 11) is 0. The van der Waals surface area contributed by atoms with Gasteiger partial charge in [0, 0.05) is 19.5 Å². The molecular weight excluding hydrogens is 672 g/mol. The Kier molecular flexibility index (Phi) is 18.2. The van der Waals surface area contributed by atoms with Crippen LogP contribution in [0, 0.1) is 0 Å². The highest BCUT2D eigenvalue weighted by Gasteiger charge is 2.38. The molecule has 0 saturated carbocycles. The van der Waals surface area contributed by atoms with Gasteiger partial charge in [0.25, 0.3) is 0 Å². The van der Waals surface area contributed by atoms with Crippen LogP contribution >= 0.6 is 0 Å². The molecule has 15 N–H and O–H groups in total. The molecule has 1 rings (SSSR count). The van der Waals surface area contributed by atoms with Crippen LogP contribution in [0.25, 0.3) is 0 Å². The van der Waals surface area contributed by atoms with Gasteiger partial charge in [0.05, 0.1) is 26.1 Å². The Bertz CT molecular complexity index is 1310. The fraction of sp³-hybridized carbons (Fsp3) is 0.630. The Balaban J connectivity index is 3.01. The summed E-state index contributed by atoms with van der Waals surface area (Å²) in [5.74, 6) is -10.4. The van der Waals surface area contributed by atoms with Gasteiger partial charge in [0.2, 0.25) is 35.4 Å². The number of hydrogen-bond donors (Lipinski definition) is 12. The van der Waals surface area contributed by atoms with E-state index < -0.39 is 123 Å². The van der Waals surface area contributed by atoms with Crippen LogP contribution < -0.4 is 43.8 Å². The predicted molar refractivity (Wildman–Crippen MR) is 168 cm³/mol. The first-order chi connectivity index (χ1) is 23.5. The fourth-order valence-electron chi connectivity index (χ4n) is 4.70. The maximum atomic E-state index is 13.1.